The summed E-state index contributed by atoms with van der Waals surface area (Å²) in [6, 6.07) is 0. The average Bonchev–Trinajstić information content (AvgIpc) is 2.50. The number of hydrogen-bond donors (Lipinski definition) is 1. The Balaban J connectivity index is 2.34. The Morgan fingerprint density at radius 3 is 2.87 bits per heavy atom. The van der Waals surface area contributed by atoms with Gasteiger partial charge < -0.3 is 0 Å². The lowest BCUT2D eigenvalue weighted by molar-refractivity contribution is -0.117. The Hall–Kier alpha value is -0.440. The Morgan fingerprint density at radius 2 is 2.33 bits per heavy atom. The average molecular weight is 384 g/mol. The van der Waals surface area contributed by atoms with Crippen LogP contribution in [-0.2, 0) is 4.79 Å². The number of aromatic amines is 1. The van der Waals surface area contributed by atoms with Crippen molar-refractivity contribution in [3.8, 4) is 0 Å². The molecular weight excluding hydrogens is 377 g/mol. The maximum atomic E-state index is 11.5. The van der Waals surface area contributed by atoms with Gasteiger partial charge in [-0.2, -0.15) is 0 Å². The smallest absolute Gasteiger partial charge is 0.265 e. The molecule has 0 spiro atoms. The molecule has 1 saturated heterocycles. The van der Waals surface area contributed by atoms with E-state index in [4.69, 9.17) is 0 Å². The maximum absolute atomic E-state index is 11.5. The summed E-state index contributed by atoms with van der Waals surface area (Å²) in [5, 5.41) is 0. The number of alkyl halides is 1. The Bertz CT molecular complexity index is 461. The van der Waals surface area contributed by atoms with Crippen molar-refractivity contribution in [1.29, 1.82) is 0 Å². The van der Waals surface area contributed by atoms with Crippen molar-refractivity contribution in [2.75, 3.05) is 11.4 Å². The number of halogens is 2. The molecule has 2 heterocycles. The minimum absolute atomic E-state index is 0.0266. The van der Waals surface area contributed by atoms with E-state index in [0.29, 0.717) is 22.5 Å². The Kier molecular flexibility index (Phi) is 3.10. The van der Waals surface area contributed by atoms with Crippen LogP contribution in [0.25, 0.3) is 0 Å². The van der Waals surface area contributed by atoms with Gasteiger partial charge in [-0.3, -0.25) is 19.5 Å². The molecule has 1 aliphatic heterocycles. The quantitative estimate of drug-likeness (QED) is 0.578. The van der Waals surface area contributed by atoms with Gasteiger partial charge in [0.1, 0.15) is 0 Å². The van der Waals surface area contributed by atoms with Gasteiger partial charge >= 0.3 is 0 Å². The molecule has 1 fully saturated rings. The zero-order chi connectivity index (χ0) is 11.0. The number of hydrogen-bond acceptors (Lipinski definition) is 3. The Labute approximate surface area is 108 Å². The maximum Gasteiger partial charge on any atom is 0.265 e. The lowest BCUT2D eigenvalue weighted by Crippen LogP contribution is -2.29. The second-order valence-electron chi connectivity index (χ2n) is 3.19. The highest BCUT2D eigenvalue weighted by Crippen LogP contribution is 2.21. The number of carbonyl (C=O) groups is 1. The summed E-state index contributed by atoms with van der Waals surface area (Å²) in [4.78, 5) is 31.1. The summed E-state index contributed by atoms with van der Waals surface area (Å²) in [6.45, 7) is 0.544. The van der Waals surface area contributed by atoms with Gasteiger partial charge in [-0.1, -0.05) is 15.9 Å². The van der Waals surface area contributed by atoms with Gasteiger partial charge in [0.15, 0.2) is 0 Å². The van der Waals surface area contributed by atoms with Crippen LogP contribution < -0.4 is 10.5 Å². The van der Waals surface area contributed by atoms with Crippen molar-refractivity contribution in [2.45, 2.75) is 11.2 Å². The molecule has 1 aliphatic rings. The zero-order valence-electron chi connectivity index (χ0n) is 7.54. The van der Waals surface area contributed by atoms with Crippen LogP contribution in [0.5, 0.6) is 0 Å². The van der Waals surface area contributed by atoms with Gasteiger partial charge in [0.2, 0.25) is 11.9 Å². The van der Waals surface area contributed by atoms with E-state index in [-0.39, 0.29) is 16.3 Å². The van der Waals surface area contributed by atoms with Crippen LogP contribution in [0, 0.1) is 3.57 Å². The van der Waals surface area contributed by atoms with Crippen LogP contribution in [0.2, 0.25) is 0 Å². The van der Waals surface area contributed by atoms with Crippen molar-refractivity contribution < 1.29 is 4.79 Å². The van der Waals surface area contributed by atoms with E-state index in [1.165, 1.54) is 11.1 Å². The lowest BCUT2D eigenvalue weighted by atomic mass is 10.4. The molecule has 0 radical (unpaired) electrons. The summed E-state index contributed by atoms with van der Waals surface area (Å²) >= 11 is 5.26. The first-order valence-corrected chi connectivity index (χ1v) is 6.26. The van der Waals surface area contributed by atoms with Crippen molar-refractivity contribution in [3.05, 3.63) is 20.1 Å². The van der Waals surface area contributed by atoms with E-state index in [2.05, 4.69) is 25.9 Å². The van der Waals surface area contributed by atoms with Crippen LogP contribution >= 0.6 is 38.5 Å². The van der Waals surface area contributed by atoms with Gasteiger partial charge in [-0.05, 0) is 22.6 Å². The van der Waals surface area contributed by atoms with Crippen LogP contribution in [0.1, 0.15) is 6.42 Å². The van der Waals surface area contributed by atoms with Crippen molar-refractivity contribution >= 4 is 50.4 Å². The van der Waals surface area contributed by atoms with Crippen LogP contribution in [0.15, 0.2) is 11.0 Å². The van der Waals surface area contributed by atoms with Crippen LogP contribution in [0.3, 0.4) is 0 Å². The molecule has 1 atom stereocenters. The highest BCUT2D eigenvalue weighted by atomic mass is 127. The van der Waals surface area contributed by atoms with Gasteiger partial charge in [0, 0.05) is 24.0 Å². The van der Waals surface area contributed by atoms with E-state index in [1.807, 2.05) is 22.6 Å². The largest absolute Gasteiger partial charge is 0.291 e. The molecule has 1 unspecified atom stereocenters. The molecule has 1 N–H and O–H groups in total. The topological polar surface area (TPSA) is 66.1 Å². The monoisotopic (exact) mass is 383 g/mol. The molecule has 0 aromatic carbocycles. The number of rotatable bonds is 1. The minimum Gasteiger partial charge on any atom is -0.291 e. The third-order valence-corrected chi connectivity index (χ3v) is 3.46. The highest BCUT2D eigenvalue weighted by Gasteiger charge is 2.30. The fourth-order valence-electron chi connectivity index (χ4n) is 1.38. The SMILES string of the molecule is O=C1CC(Br)CN1c1ncc(I)c(=O)[nH]1. The number of carbonyl (C=O) groups excluding carboxylic acids is 1. The molecule has 15 heavy (non-hydrogen) atoms. The normalized spacial score (nSPS) is 21.1. The summed E-state index contributed by atoms with van der Waals surface area (Å²) in [5.74, 6) is 0.300. The predicted octanol–water partition coefficient (Wildman–Crippen LogP) is 0.875. The van der Waals surface area contributed by atoms with Gasteiger partial charge in [-0.15, -0.1) is 0 Å². The lowest BCUT2D eigenvalue weighted by Gasteiger charge is -2.13. The molecule has 0 saturated carbocycles. The third kappa shape index (κ3) is 2.22. The number of nitrogens with one attached hydrogen (secondary N) is 1. The van der Waals surface area contributed by atoms with Gasteiger partial charge in [0.05, 0.1) is 3.57 Å². The zero-order valence-corrected chi connectivity index (χ0v) is 11.3. The predicted molar refractivity (Wildman–Crippen MR) is 67.3 cm³/mol. The molecular formula is C8H7BrIN3O2. The van der Waals surface area contributed by atoms with Crippen molar-refractivity contribution in [1.82, 2.24) is 9.97 Å². The fraction of sp³-hybridized carbons (Fsp3) is 0.375. The second-order valence-corrected chi connectivity index (χ2v) is 5.65. The summed E-state index contributed by atoms with van der Waals surface area (Å²) < 4.78 is 0.512. The first-order chi connectivity index (χ1) is 7.08. The molecule has 1 aromatic rings. The van der Waals surface area contributed by atoms with Crippen molar-refractivity contribution in [3.63, 3.8) is 0 Å². The number of anilines is 1. The molecule has 7 heteroatoms. The number of H-pyrrole nitrogens is 1. The number of nitrogens with zero attached hydrogens (tertiary/aromatic N) is 2. The van der Waals surface area contributed by atoms with Crippen LogP contribution in [-0.4, -0.2) is 27.2 Å². The van der Waals surface area contributed by atoms with E-state index in [0.717, 1.165) is 0 Å². The van der Waals surface area contributed by atoms with E-state index >= 15 is 0 Å². The van der Waals surface area contributed by atoms with Crippen LogP contribution in [0.4, 0.5) is 5.95 Å². The summed E-state index contributed by atoms with van der Waals surface area (Å²) in [6.07, 6.45) is 1.90. The standard InChI is InChI=1S/C8H7BrIN3O2/c9-4-1-6(14)13(3-4)8-11-2-5(10)7(15)12-8/h2,4H,1,3H2,(H,11,12,15). The first kappa shape index (κ1) is 11.1. The summed E-state index contributed by atoms with van der Waals surface area (Å²) in [7, 11) is 0. The third-order valence-electron chi connectivity index (χ3n) is 2.08. The number of aromatic nitrogens is 2. The molecule has 0 bridgehead atoms. The van der Waals surface area contributed by atoms with E-state index in [1.54, 1.807) is 0 Å². The summed E-state index contributed by atoms with van der Waals surface area (Å²) in [5.41, 5.74) is -0.216. The number of amides is 1. The molecule has 5 nitrogen and oxygen atoms in total. The highest BCUT2D eigenvalue weighted by molar-refractivity contribution is 14.1. The van der Waals surface area contributed by atoms with Gasteiger partial charge in [0.25, 0.3) is 5.56 Å². The molecule has 0 aliphatic carbocycles. The fourth-order valence-corrected chi connectivity index (χ4v) is 2.22. The molecule has 1 aromatic heterocycles. The molecule has 1 amide bonds. The van der Waals surface area contributed by atoms with Gasteiger partial charge in [-0.25, -0.2) is 4.98 Å². The van der Waals surface area contributed by atoms with E-state index in [9.17, 15) is 9.59 Å². The second kappa shape index (κ2) is 4.20. The molecule has 80 valence electrons. The van der Waals surface area contributed by atoms with Crippen molar-refractivity contribution in [2.24, 2.45) is 0 Å². The van der Waals surface area contributed by atoms with E-state index < -0.39 is 0 Å². The minimum atomic E-state index is -0.216. The first-order valence-electron chi connectivity index (χ1n) is 4.27. The molecule has 2 rings (SSSR count). The Morgan fingerprint density at radius 1 is 1.60 bits per heavy atom.